The van der Waals surface area contributed by atoms with Gasteiger partial charge < -0.3 is 19.9 Å². The Morgan fingerprint density at radius 2 is 1.78 bits per heavy atom. The van der Waals surface area contributed by atoms with Crippen LogP contribution in [0.15, 0.2) is 48.5 Å². The minimum Gasteiger partial charge on any atom is -0.465 e. The van der Waals surface area contributed by atoms with Crippen LogP contribution in [0.2, 0.25) is 0 Å². The molecule has 0 atom stereocenters. The van der Waals surface area contributed by atoms with E-state index in [1.807, 2.05) is 0 Å². The maximum absolute atomic E-state index is 13.0. The number of nitrogens with zero attached hydrogens (tertiary/aromatic N) is 2. The van der Waals surface area contributed by atoms with E-state index < -0.39 is 5.97 Å². The molecule has 1 aliphatic heterocycles. The van der Waals surface area contributed by atoms with Crippen LogP contribution in [0.25, 0.3) is 0 Å². The summed E-state index contributed by atoms with van der Waals surface area (Å²) in [4.78, 5) is 27.9. The quantitative estimate of drug-likeness (QED) is 0.818. The van der Waals surface area contributed by atoms with Gasteiger partial charge >= 0.3 is 5.97 Å². The second-order valence-corrected chi connectivity index (χ2v) is 6.27. The minimum atomic E-state index is -0.415. The predicted octanol–water partition coefficient (Wildman–Crippen LogP) is 2.37. The highest BCUT2D eigenvalue weighted by atomic mass is 19.1. The fourth-order valence-electron chi connectivity index (χ4n) is 3.03. The van der Waals surface area contributed by atoms with Gasteiger partial charge in [0.1, 0.15) is 5.82 Å². The van der Waals surface area contributed by atoms with Gasteiger partial charge in [-0.25, -0.2) is 9.18 Å². The molecule has 1 saturated heterocycles. The summed E-state index contributed by atoms with van der Waals surface area (Å²) in [5, 5.41) is 3.06. The van der Waals surface area contributed by atoms with E-state index >= 15 is 0 Å². The molecular weight excluding hydrogens is 349 g/mol. The van der Waals surface area contributed by atoms with Crippen molar-refractivity contribution in [2.75, 3.05) is 50.1 Å². The number of methoxy groups -OCH3 is 1. The number of nitrogens with one attached hydrogen (secondary N) is 1. The Morgan fingerprint density at radius 1 is 1.07 bits per heavy atom. The SMILES string of the molecule is COC(=O)c1cccc(NCC(=O)N2CCN(c3ccc(F)cc3)CC2)c1. The van der Waals surface area contributed by atoms with E-state index in [0.29, 0.717) is 37.4 Å². The Kier molecular flexibility index (Phi) is 5.90. The molecule has 1 fully saturated rings. The third kappa shape index (κ3) is 4.75. The summed E-state index contributed by atoms with van der Waals surface area (Å²) in [5.41, 5.74) is 2.08. The molecule has 0 aliphatic carbocycles. The summed E-state index contributed by atoms with van der Waals surface area (Å²) in [6, 6.07) is 13.2. The lowest BCUT2D eigenvalue weighted by Gasteiger charge is -2.36. The smallest absolute Gasteiger partial charge is 0.337 e. The van der Waals surface area contributed by atoms with Crippen molar-refractivity contribution >= 4 is 23.3 Å². The first-order valence-corrected chi connectivity index (χ1v) is 8.77. The minimum absolute atomic E-state index is 0.00257. The second-order valence-electron chi connectivity index (χ2n) is 6.27. The topological polar surface area (TPSA) is 61.9 Å². The van der Waals surface area contributed by atoms with Gasteiger partial charge in [-0.15, -0.1) is 0 Å². The van der Waals surface area contributed by atoms with Crippen LogP contribution >= 0.6 is 0 Å². The number of anilines is 2. The second kappa shape index (κ2) is 8.53. The lowest BCUT2D eigenvalue weighted by Crippen LogP contribution is -2.50. The van der Waals surface area contributed by atoms with E-state index in [1.54, 1.807) is 41.3 Å². The van der Waals surface area contributed by atoms with E-state index in [9.17, 15) is 14.0 Å². The van der Waals surface area contributed by atoms with Gasteiger partial charge in [-0.05, 0) is 42.5 Å². The summed E-state index contributed by atoms with van der Waals surface area (Å²) in [6.07, 6.45) is 0. The van der Waals surface area contributed by atoms with Crippen molar-refractivity contribution in [2.24, 2.45) is 0 Å². The van der Waals surface area contributed by atoms with Crippen LogP contribution < -0.4 is 10.2 Å². The van der Waals surface area contributed by atoms with E-state index in [-0.39, 0.29) is 18.3 Å². The van der Waals surface area contributed by atoms with Crippen molar-refractivity contribution in [3.05, 3.63) is 59.9 Å². The molecule has 6 nitrogen and oxygen atoms in total. The predicted molar refractivity (Wildman–Crippen MR) is 101 cm³/mol. The molecule has 3 rings (SSSR count). The summed E-state index contributed by atoms with van der Waals surface area (Å²) < 4.78 is 17.7. The highest BCUT2D eigenvalue weighted by molar-refractivity contribution is 5.90. The first-order valence-electron chi connectivity index (χ1n) is 8.77. The van der Waals surface area contributed by atoms with Gasteiger partial charge in [-0.1, -0.05) is 6.07 Å². The van der Waals surface area contributed by atoms with Gasteiger partial charge in [-0.3, -0.25) is 4.79 Å². The van der Waals surface area contributed by atoms with Crippen LogP contribution in [-0.2, 0) is 9.53 Å². The van der Waals surface area contributed by atoms with Crippen molar-refractivity contribution in [1.82, 2.24) is 4.90 Å². The number of piperazine rings is 1. The lowest BCUT2D eigenvalue weighted by molar-refractivity contribution is -0.129. The molecule has 0 radical (unpaired) electrons. The largest absolute Gasteiger partial charge is 0.465 e. The average Bonchev–Trinajstić information content (AvgIpc) is 2.72. The van der Waals surface area contributed by atoms with Crippen molar-refractivity contribution in [1.29, 1.82) is 0 Å². The van der Waals surface area contributed by atoms with Gasteiger partial charge in [0.15, 0.2) is 0 Å². The molecule has 1 amide bonds. The van der Waals surface area contributed by atoms with Crippen molar-refractivity contribution in [2.45, 2.75) is 0 Å². The Bertz CT molecular complexity index is 802. The number of rotatable bonds is 5. The van der Waals surface area contributed by atoms with Gasteiger partial charge in [0.2, 0.25) is 5.91 Å². The lowest BCUT2D eigenvalue weighted by atomic mass is 10.2. The number of carbonyl (C=O) groups is 2. The van der Waals surface area contributed by atoms with Crippen molar-refractivity contribution in [3.8, 4) is 0 Å². The van der Waals surface area contributed by atoms with E-state index in [1.165, 1.54) is 19.2 Å². The molecule has 2 aromatic rings. The molecule has 1 heterocycles. The first kappa shape index (κ1) is 18.7. The Balaban J connectivity index is 1.50. The average molecular weight is 371 g/mol. The van der Waals surface area contributed by atoms with Crippen LogP contribution in [0.5, 0.6) is 0 Å². The van der Waals surface area contributed by atoms with Gasteiger partial charge in [0.05, 0.1) is 19.2 Å². The zero-order chi connectivity index (χ0) is 19.2. The fourth-order valence-corrected chi connectivity index (χ4v) is 3.03. The van der Waals surface area contributed by atoms with Crippen LogP contribution in [-0.4, -0.2) is 56.6 Å². The summed E-state index contributed by atoms with van der Waals surface area (Å²) >= 11 is 0. The third-order valence-electron chi connectivity index (χ3n) is 4.55. The molecule has 0 aromatic heterocycles. The summed E-state index contributed by atoms with van der Waals surface area (Å²) in [5.74, 6) is -0.672. The number of amides is 1. The highest BCUT2D eigenvalue weighted by Gasteiger charge is 2.21. The van der Waals surface area contributed by atoms with E-state index in [0.717, 1.165) is 5.69 Å². The molecule has 27 heavy (non-hydrogen) atoms. The van der Waals surface area contributed by atoms with Gasteiger partial charge in [0.25, 0.3) is 0 Å². The molecule has 7 heteroatoms. The van der Waals surface area contributed by atoms with E-state index in [4.69, 9.17) is 4.74 Å². The van der Waals surface area contributed by atoms with E-state index in [2.05, 4.69) is 10.2 Å². The fraction of sp³-hybridized carbons (Fsp3) is 0.300. The molecule has 2 aromatic carbocycles. The summed E-state index contributed by atoms with van der Waals surface area (Å²) in [6.45, 7) is 2.78. The molecular formula is C20H22FN3O3. The monoisotopic (exact) mass is 371 g/mol. The molecule has 0 unspecified atom stereocenters. The van der Waals surface area contributed by atoms with Crippen LogP contribution in [0.4, 0.5) is 15.8 Å². The molecule has 1 aliphatic rings. The first-order chi connectivity index (χ1) is 13.1. The summed E-state index contributed by atoms with van der Waals surface area (Å²) in [7, 11) is 1.33. The number of benzene rings is 2. The molecule has 142 valence electrons. The molecule has 0 spiro atoms. The normalized spacial score (nSPS) is 14.0. The number of hydrogen-bond donors (Lipinski definition) is 1. The van der Waals surface area contributed by atoms with Crippen LogP contribution in [0.1, 0.15) is 10.4 Å². The maximum Gasteiger partial charge on any atom is 0.337 e. The highest BCUT2D eigenvalue weighted by Crippen LogP contribution is 2.17. The Hall–Kier alpha value is -3.09. The third-order valence-corrected chi connectivity index (χ3v) is 4.55. The number of halogens is 1. The van der Waals surface area contributed by atoms with Gasteiger partial charge in [-0.2, -0.15) is 0 Å². The zero-order valence-electron chi connectivity index (χ0n) is 15.2. The number of carbonyl (C=O) groups excluding carboxylic acids is 2. The molecule has 1 N–H and O–H groups in total. The Labute approximate surface area is 157 Å². The number of ether oxygens (including phenoxy) is 1. The van der Waals surface area contributed by atoms with Crippen LogP contribution in [0, 0.1) is 5.82 Å². The molecule has 0 saturated carbocycles. The standard InChI is InChI=1S/C20H22FN3O3/c1-27-20(26)15-3-2-4-17(13-15)22-14-19(25)24-11-9-23(10-12-24)18-7-5-16(21)6-8-18/h2-8,13,22H,9-12,14H2,1H3. The van der Waals surface area contributed by atoms with Crippen molar-refractivity contribution < 1.29 is 18.7 Å². The number of esters is 1. The number of hydrogen-bond acceptors (Lipinski definition) is 5. The molecule has 0 bridgehead atoms. The van der Waals surface area contributed by atoms with Crippen LogP contribution in [0.3, 0.4) is 0 Å². The maximum atomic E-state index is 13.0. The Morgan fingerprint density at radius 3 is 2.44 bits per heavy atom. The van der Waals surface area contributed by atoms with Crippen molar-refractivity contribution in [3.63, 3.8) is 0 Å². The van der Waals surface area contributed by atoms with Gasteiger partial charge in [0, 0.05) is 37.6 Å². The zero-order valence-corrected chi connectivity index (χ0v) is 15.2.